The minimum atomic E-state index is 0.302. The van der Waals surface area contributed by atoms with E-state index in [0.717, 1.165) is 42.7 Å². The van der Waals surface area contributed by atoms with Gasteiger partial charge >= 0.3 is 0 Å². The fraction of sp³-hybridized carbons (Fsp3) is 0.650. The summed E-state index contributed by atoms with van der Waals surface area (Å²) in [7, 11) is 0. The lowest BCUT2D eigenvalue weighted by Crippen LogP contribution is -2.30. The molecule has 140 valence electrons. The molecule has 0 bridgehead atoms. The average Bonchev–Trinajstić information content (AvgIpc) is 3.28. The van der Waals surface area contributed by atoms with Crippen LogP contribution in [0.1, 0.15) is 56.6 Å². The van der Waals surface area contributed by atoms with E-state index in [0.29, 0.717) is 30.8 Å². The third-order valence-corrected chi connectivity index (χ3v) is 5.99. The number of nitrogens with zero attached hydrogens (tertiary/aromatic N) is 4. The van der Waals surface area contributed by atoms with Crippen molar-refractivity contribution in [3.05, 3.63) is 24.0 Å². The second-order valence-electron chi connectivity index (χ2n) is 7.81. The summed E-state index contributed by atoms with van der Waals surface area (Å²) < 4.78 is 1.91. The van der Waals surface area contributed by atoms with Gasteiger partial charge in [-0.2, -0.15) is 5.10 Å². The van der Waals surface area contributed by atoms with Crippen LogP contribution in [0.3, 0.4) is 0 Å². The highest BCUT2D eigenvalue weighted by molar-refractivity contribution is 5.80. The highest BCUT2D eigenvalue weighted by Gasteiger charge is 2.31. The molecule has 3 heterocycles. The van der Waals surface area contributed by atoms with E-state index in [2.05, 4.69) is 16.0 Å². The van der Waals surface area contributed by atoms with Crippen LogP contribution in [0.15, 0.2) is 18.3 Å². The maximum atomic E-state index is 12.7. The smallest absolute Gasteiger partial charge is 0.222 e. The molecule has 1 amide bonds. The van der Waals surface area contributed by atoms with Gasteiger partial charge in [-0.05, 0) is 37.3 Å². The number of aromatic nitrogens is 3. The molecule has 2 fully saturated rings. The molecule has 1 aliphatic heterocycles. The molecular weight excluding hydrogens is 326 g/mol. The van der Waals surface area contributed by atoms with Crippen LogP contribution in [0.25, 0.3) is 11.0 Å². The second-order valence-corrected chi connectivity index (χ2v) is 7.81. The van der Waals surface area contributed by atoms with Crippen LogP contribution in [-0.2, 0) is 11.3 Å². The average molecular weight is 355 g/mol. The number of amides is 1. The molecule has 2 N–H and O–H groups in total. The summed E-state index contributed by atoms with van der Waals surface area (Å²) in [5.41, 5.74) is 7.70. The van der Waals surface area contributed by atoms with Crippen LogP contribution in [0, 0.1) is 5.92 Å². The first-order valence-corrected chi connectivity index (χ1v) is 10.1. The zero-order valence-electron chi connectivity index (χ0n) is 15.4. The van der Waals surface area contributed by atoms with Gasteiger partial charge in [-0.15, -0.1) is 0 Å². The third-order valence-electron chi connectivity index (χ3n) is 5.99. The molecule has 2 aliphatic rings. The van der Waals surface area contributed by atoms with Gasteiger partial charge in [-0.1, -0.05) is 19.3 Å². The number of hydrogen-bond acceptors (Lipinski definition) is 4. The van der Waals surface area contributed by atoms with Gasteiger partial charge in [0.15, 0.2) is 5.65 Å². The third kappa shape index (κ3) is 3.47. The molecule has 0 unspecified atom stereocenters. The van der Waals surface area contributed by atoms with Gasteiger partial charge in [-0.3, -0.25) is 4.79 Å². The lowest BCUT2D eigenvalue weighted by molar-refractivity contribution is -0.131. The molecule has 0 spiro atoms. The van der Waals surface area contributed by atoms with Gasteiger partial charge in [0.1, 0.15) is 0 Å². The molecule has 1 saturated carbocycles. The van der Waals surface area contributed by atoms with Crippen molar-refractivity contribution in [2.24, 2.45) is 11.7 Å². The van der Waals surface area contributed by atoms with Crippen LogP contribution in [-0.4, -0.2) is 45.2 Å². The number of rotatable bonds is 5. The molecule has 2 aromatic heterocycles. The van der Waals surface area contributed by atoms with Crippen molar-refractivity contribution in [1.29, 1.82) is 0 Å². The van der Waals surface area contributed by atoms with E-state index >= 15 is 0 Å². The van der Waals surface area contributed by atoms with Gasteiger partial charge in [0.2, 0.25) is 5.91 Å². The number of hydrogen-bond donors (Lipinski definition) is 1. The highest BCUT2D eigenvalue weighted by atomic mass is 16.2. The Hall–Kier alpha value is -1.95. The summed E-state index contributed by atoms with van der Waals surface area (Å²) in [5, 5.41) is 5.91. The Kier molecular flexibility index (Phi) is 5.20. The van der Waals surface area contributed by atoms with Crippen molar-refractivity contribution in [1.82, 2.24) is 19.7 Å². The fourth-order valence-electron chi connectivity index (χ4n) is 4.59. The Bertz CT molecular complexity index is 765. The molecule has 6 heteroatoms. The Morgan fingerprint density at radius 3 is 2.88 bits per heavy atom. The minimum Gasteiger partial charge on any atom is -0.342 e. The van der Waals surface area contributed by atoms with E-state index in [1.54, 1.807) is 6.20 Å². The van der Waals surface area contributed by atoms with Crippen molar-refractivity contribution in [3.8, 4) is 0 Å². The molecule has 4 rings (SSSR count). The van der Waals surface area contributed by atoms with Crippen LogP contribution in [0.4, 0.5) is 0 Å². The Labute approximate surface area is 154 Å². The number of carbonyl (C=O) groups is 1. The molecule has 0 aromatic carbocycles. The van der Waals surface area contributed by atoms with Crippen molar-refractivity contribution in [2.45, 2.75) is 57.4 Å². The highest BCUT2D eigenvalue weighted by Crippen LogP contribution is 2.33. The monoisotopic (exact) mass is 355 g/mol. The first-order valence-electron chi connectivity index (χ1n) is 10.1. The van der Waals surface area contributed by atoms with Crippen molar-refractivity contribution in [2.75, 3.05) is 19.6 Å². The van der Waals surface area contributed by atoms with Gasteiger partial charge in [-0.25, -0.2) is 9.67 Å². The molecule has 1 aliphatic carbocycles. The van der Waals surface area contributed by atoms with E-state index in [4.69, 9.17) is 10.8 Å². The van der Waals surface area contributed by atoms with Crippen LogP contribution >= 0.6 is 0 Å². The quantitative estimate of drug-likeness (QED) is 0.894. The van der Waals surface area contributed by atoms with Gasteiger partial charge < -0.3 is 10.6 Å². The van der Waals surface area contributed by atoms with E-state index in [-0.39, 0.29) is 0 Å². The molecule has 0 radical (unpaired) electrons. The van der Waals surface area contributed by atoms with Gasteiger partial charge in [0.25, 0.3) is 0 Å². The number of carbonyl (C=O) groups excluding carboxylic acids is 1. The maximum absolute atomic E-state index is 12.7. The molecular formula is C20H29N5O. The van der Waals surface area contributed by atoms with E-state index < -0.39 is 0 Å². The predicted molar refractivity (Wildman–Crippen MR) is 102 cm³/mol. The largest absolute Gasteiger partial charge is 0.342 e. The number of pyridine rings is 1. The van der Waals surface area contributed by atoms with Crippen molar-refractivity contribution in [3.63, 3.8) is 0 Å². The number of nitrogens with two attached hydrogens (primary N) is 1. The summed E-state index contributed by atoms with van der Waals surface area (Å²) in [5.74, 6) is 1.24. The first-order chi connectivity index (χ1) is 12.8. The number of fused-ring (bicyclic) bond motifs is 1. The Balaban J connectivity index is 1.46. The Morgan fingerprint density at radius 2 is 2.08 bits per heavy atom. The minimum absolute atomic E-state index is 0.302. The summed E-state index contributed by atoms with van der Waals surface area (Å²) in [6.07, 6.45) is 9.89. The predicted octanol–water partition coefficient (Wildman–Crippen LogP) is 2.68. The summed E-state index contributed by atoms with van der Waals surface area (Å²) in [4.78, 5) is 19.3. The summed E-state index contributed by atoms with van der Waals surface area (Å²) >= 11 is 0. The van der Waals surface area contributed by atoms with Gasteiger partial charge in [0, 0.05) is 43.6 Å². The molecule has 6 nitrogen and oxygen atoms in total. The van der Waals surface area contributed by atoms with Crippen molar-refractivity contribution >= 4 is 16.9 Å². The second kappa shape index (κ2) is 7.74. The maximum Gasteiger partial charge on any atom is 0.222 e. The van der Waals surface area contributed by atoms with Gasteiger partial charge in [0.05, 0.1) is 12.2 Å². The van der Waals surface area contributed by atoms with Crippen LogP contribution in [0.2, 0.25) is 0 Å². The standard InChI is InChI=1S/C20H29N5O/c21-9-12-25-20-17(7-4-10-22-20)19(23-25)16-8-11-24(14-16)18(26)13-15-5-2-1-3-6-15/h4,7,10,15-16H,1-3,5-6,8-9,11-14,21H2/t16-/m0/s1. The molecule has 26 heavy (non-hydrogen) atoms. The normalized spacial score (nSPS) is 21.6. The van der Waals surface area contributed by atoms with E-state index in [9.17, 15) is 4.79 Å². The number of likely N-dealkylation sites (tertiary alicyclic amines) is 1. The van der Waals surface area contributed by atoms with E-state index in [1.165, 1.54) is 32.1 Å². The lowest BCUT2D eigenvalue weighted by atomic mass is 9.87. The summed E-state index contributed by atoms with van der Waals surface area (Å²) in [6.45, 7) is 2.85. The molecule has 1 saturated heterocycles. The van der Waals surface area contributed by atoms with Crippen LogP contribution < -0.4 is 5.73 Å². The lowest BCUT2D eigenvalue weighted by Gasteiger charge is -2.24. The topological polar surface area (TPSA) is 77.0 Å². The SMILES string of the molecule is NCCn1nc([C@H]2CCN(C(=O)CC3CCCCC3)C2)c2cccnc21. The molecule has 1 atom stereocenters. The van der Waals surface area contributed by atoms with Crippen LogP contribution in [0.5, 0.6) is 0 Å². The molecule has 2 aromatic rings. The Morgan fingerprint density at radius 1 is 1.23 bits per heavy atom. The van der Waals surface area contributed by atoms with Crippen molar-refractivity contribution < 1.29 is 4.79 Å². The summed E-state index contributed by atoms with van der Waals surface area (Å²) in [6, 6.07) is 4.05. The van der Waals surface area contributed by atoms with E-state index in [1.807, 2.05) is 10.7 Å². The zero-order valence-corrected chi connectivity index (χ0v) is 15.4. The fourth-order valence-corrected chi connectivity index (χ4v) is 4.59. The first kappa shape index (κ1) is 17.5. The zero-order chi connectivity index (χ0) is 17.9.